The molecule has 1 saturated heterocycles. The average molecular weight is 365 g/mol. The van der Waals surface area contributed by atoms with Gasteiger partial charge in [-0.3, -0.25) is 14.5 Å². The van der Waals surface area contributed by atoms with Crippen molar-refractivity contribution >= 4 is 17.5 Å². The minimum Gasteiger partial charge on any atom is -0.366 e. The van der Waals surface area contributed by atoms with Gasteiger partial charge in [0.1, 0.15) is 0 Å². The van der Waals surface area contributed by atoms with Crippen LogP contribution in [0.25, 0.3) is 0 Å². The first kappa shape index (κ1) is 19.1. The first-order chi connectivity index (χ1) is 13.0. The molecule has 0 aliphatic carbocycles. The number of nitrogens with one attached hydrogen (secondary N) is 1. The van der Waals surface area contributed by atoms with Crippen LogP contribution in [0.5, 0.6) is 0 Å². The van der Waals surface area contributed by atoms with Gasteiger partial charge in [-0.2, -0.15) is 0 Å². The topological polar surface area (TPSA) is 75.4 Å². The predicted molar refractivity (Wildman–Crippen MR) is 107 cm³/mol. The number of likely N-dealkylation sites (tertiary alicyclic amines) is 1. The molecule has 0 aromatic heterocycles. The van der Waals surface area contributed by atoms with Gasteiger partial charge in [0.15, 0.2) is 0 Å². The van der Waals surface area contributed by atoms with E-state index < -0.39 is 5.91 Å². The Morgan fingerprint density at radius 1 is 1.07 bits per heavy atom. The smallest absolute Gasteiger partial charge is 0.250 e. The number of carbonyl (C=O) groups is 2. The van der Waals surface area contributed by atoms with Gasteiger partial charge < -0.3 is 11.1 Å². The van der Waals surface area contributed by atoms with Crippen LogP contribution >= 0.6 is 0 Å². The summed E-state index contributed by atoms with van der Waals surface area (Å²) in [5.41, 5.74) is 7.57. The molecule has 5 nitrogen and oxygen atoms in total. The van der Waals surface area contributed by atoms with Crippen molar-refractivity contribution in [2.24, 2.45) is 11.7 Å². The number of nitrogens with zero attached hydrogens (tertiary/aromatic N) is 1. The Morgan fingerprint density at radius 2 is 1.70 bits per heavy atom. The van der Waals surface area contributed by atoms with Gasteiger partial charge in [0.05, 0.1) is 17.3 Å². The van der Waals surface area contributed by atoms with E-state index in [1.54, 1.807) is 24.3 Å². The summed E-state index contributed by atoms with van der Waals surface area (Å²) in [6.45, 7) is 3.73. The van der Waals surface area contributed by atoms with Crippen molar-refractivity contribution < 1.29 is 9.59 Å². The van der Waals surface area contributed by atoms with E-state index in [9.17, 15) is 9.59 Å². The molecule has 1 aliphatic rings. The van der Waals surface area contributed by atoms with Crippen molar-refractivity contribution in [2.45, 2.75) is 32.2 Å². The molecule has 1 atom stereocenters. The maximum atomic E-state index is 12.7. The molecule has 1 heterocycles. The second kappa shape index (κ2) is 8.82. The number of hydrogen-bond acceptors (Lipinski definition) is 3. The molecule has 0 radical (unpaired) electrons. The van der Waals surface area contributed by atoms with Crippen LogP contribution in [-0.2, 0) is 11.2 Å². The highest BCUT2D eigenvalue weighted by atomic mass is 16.2. The third kappa shape index (κ3) is 4.95. The average Bonchev–Trinajstić information content (AvgIpc) is 2.69. The van der Waals surface area contributed by atoms with Crippen LogP contribution in [0.3, 0.4) is 0 Å². The second-order valence-electron chi connectivity index (χ2n) is 7.24. The molecular weight excluding hydrogens is 338 g/mol. The fourth-order valence-corrected chi connectivity index (χ4v) is 3.70. The van der Waals surface area contributed by atoms with Crippen molar-refractivity contribution in [3.63, 3.8) is 0 Å². The fraction of sp³-hybridized carbons (Fsp3) is 0.364. The lowest BCUT2D eigenvalue weighted by Gasteiger charge is -2.35. The van der Waals surface area contributed by atoms with E-state index in [-0.39, 0.29) is 11.9 Å². The zero-order chi connectivity index (χ0) is 19.2. The van der Waals surface area contributed by atoms with Crippen LogP contribution in [0.2, 0.25) is 0 Å². The largest absolute Gasteiger partial charge is 0.366 e. The lowest BCUT2D eigenvalue weighted by molar-refractivity contribution is -0.121. The minimum absolute atomic E-state index is 0.106. The van der Waals surface area contributed by atoms with Gasteiger partial charge in [-0.05, 0) is 62.9 Å². The number of primary amides is 1. The van der Waals surface area contributed by atoms with Crippen molar-refractivity contribution in [2.75, 3.05) is 18.4 Å². The molecule has 1 unspecified atom stereocenters. The highest BCUT2D eigenvalue weighted by Gasteiger charge is 2.27. The van der Waals surface area contributed by atoms with Gasteiger partial charge in [-0.1, -0.05) is 42.5 Å². The summed E-state index contributed by atoms with van der Waals surface area (Å²) in [5.74, 6) is 0.0139. The summed E-state index contributed by atoms with van der Waals surface area (Å²) < 4.78 is 0. The summed E-state index contributed by atoms with van der Waals surface area (Å²) >= 11 is 0. The maximum Gasteiger partial charge on any atom is 0.250 e. The SMILES string of the molecule is CC(C(=O)Nc1ccccc1C(N)=O)N1CCC(Cc2ccccc2)CC1. The van der Waals surface area contributed by atoms with Crippen molar-refractivity contribution in [3.05, 3.63) is 65.7 Å². The highest BCUT2D eigenvalue weighted by molar-refractivity contribution is 6.04. The summed E-state index contributed by atoms with van der Waals surface area (Å²) in [6, 6.07) is 17.2. The van der Waals surface area contributed by atoms with Crippen LogP contribution in [0.4, 0.5) is 5.69 Å². The van der Waals surface area contributed by atoms with Gasteiger partial charge in [0, 0.05) is 0 Å². The third-order valence-corrected chi connectivity index (χ3v) is 5.39. The normalized spacial score (nSPS) is 16.6. The van der Waals surface area contributed by atoms with Crippen LogP contribution in [0.1, 0.15) is 35.7 Å². The van der Waals surface area contributed by atoms with Crippen molar-refractivity contribution in [1.82, 2.24) is 4.90 Å². The fourth-order valence-electron chi connectivity index (χ4n) is 3.70. The van der Waals surface area contributed by atoms with E-state index in [0.717, 1.165) is 32.4 Å². The van der Waals surface area contributed by atoms with E-state index in [4.69, 9.17) is 5.73 Å². The lowest BCUT2D eigenvalue weighted by Crippen LogP contribution is -2.46. The van der Waals surface area contributed by atoms with Crippen molar-refractivity contribution in [1.29, 1.82) is 0 Å². The molecular formula is C22H27N3O2. The summed E-state index contributed by atoms with van der Waals surface area (Å²) in [5, 5.41) is 2.86. The van der Waals surface area contributed by atoms with Gasteiger partial charge >= 0.3 is 0 Å². The molecule has 2 aromatic carbocycles. The number of amides is 2. The summed E-state index contributed by atoms with van der Waals surface area (Å²) in [4.78, 5) is 26.4. The Kier molecular flexibility index (Phi) is 6.24. The minimum atomic E-state index is -0.541. The summed E-state index contributed by atoms with van der Waals surface area (Å²) in [7, 11) is 0. The number of nitrogens with two attached hydrogens (primary N) is 1. The summed E-state index contributed by atoms with van der Waals surface area (Å²) in [6.07, 6.45) is 3.27. The number of piperidine rings is 1. The molecule has 142 valence electrons. The van der Waals surface area contributed by atoms with Gasteiger partial charge in [-0.25, -0.2) is 0 Å². The Morgan fingerprint density at radius 3 is 2.37 bits per heavy atom. The standard InChI is InChI=1S/C22H27N3O2/c1-16(22(27)24-20-10-6-5-9-19(20)21(23)26)25-13-11-18(12-14-25)15-17-7-3-2-4-8-17/h2-10,16,18H,11-15H2,1H3,(H2,23,26)(H,24,27). The molecule has 1 aliphatic heterocycles. The Labute approximate surface area is 160 Å². The second-order valence-corrected chi connectivity index (χ2v) is 7.24. The van der Waals surface area contributed by atoms with Crippen LogP contribution in [-0.4, -0.2) is 35.8 Å². The number of benzene rings is 2. The molecule has 1 fully saturated rings. The maximum absolute atomic E-state index is 12.7. The van der Waals surface area contributed by atoms with E-state index in [1.807, 2.05) is 13.0 Å². The van der Waals surface area contributed by atoms with Gasteiger partial charge in [0.25, 0.3) is 5.91 Å². The molecule has 2 amide bonds. The van der Waals surface area contributed by atoms with E-state index in [2.05, 4.69) is 34.5 Å². The zero-order valence-corrected chi connectivity index (χ0v) is 15.7. The third-order valence-electron chi connectivity index (χ3n) is 5.39. The molecule has 27 heavy (non-hydrogen) atoms. The molecule has 3 rings (SSSR count). The monoisotopic (exact) mass is 365 g/mol. The zero-order valence-electron chi connectivity index (χ0n) is 15.7. The lowest BCUT2D eigenvalue weighted by atomic mass is 9.89. The molecule has 0 bridgehead atoms. The van der Waals surface area contributed by atoms with Crippen LogP contribution in [0, 0.1) is 5.92 Å². The molecule has 2 aromatic rings. The quantitative estimate of drug-likeness (QED) is 0.826. The highest BCUT2D eigenvalue weighted by Crippen LogP contribution is 2.23. The van der Waals surface area contributed by atoms with Gasteiger partial charge in [0.2, 0.25) is 5.91 Å². The first-order valence-electron chi connectivity index (χ1n) is 9.52. The first-order valence-corrected chi connectivity index (χ1v) is 9.52. The molecule has 0 saturated carbocycles. The number of carbonyl (C=O) groups excluding carboxylic acids is 2. The van der Waals surface area contributed by atoms with E-state index in [0.29, 0.717) is 17.2 Å². The number of hydrogen-bond donors (Lipinski definition) is 2. The Balaban J connectivity index is 1.54. The molecule has 3 N–H and O–H groups in total. The Hall–Kier alpha value is -2.66. The number of anilines is 1. The molecule has 0 spiro atoms. The number of para-hydroxylation sites is 1. The van der Waals surface area contributed by atoms with E-state index in [1.165, 1.54) is 5.56 Å². The van der Waals surface area contributed by atoms with E-state index >= 15 is 0 Å². The van der Waals surface area contributed by atoms with Crippen LogP contribution < -0.4 is 11.1 Å². The molecule has 5 heteroatoms. The number of rotatable bonds is 6. The Bertz CT molecular complexity index is 783. The van der Waals surface area contributed by atoms with Gasteiger partial charge in [-0.15, -0.1) is 0 Å². The van der Waals surface area contributed by atoms with Crippen LogP contribution in [0.15, 0.2) is 54.6 Å². The van der Waals surface area contributed by atoms with Crippen molar-refractivity contribution in [3.8, 4) is 0 Å². The predicted octanol–water partition coefficient (Wildman–Crippen LogP) is 3.07.